The molecular weight excluding hydrogens is 188 g/mol. The molecule has 1 aliphatic rings. The third kappa shape index (κ3) is 2.43. The molecule has 1 N–H and O–H groups in total. The number of aliphatic hydroxyl groups excluding tert-OH is 1. The van der Waals surface area contributed by atoms with Crippen LogP contribution in [0.4, 0.5) is 0 Å². The van der Waals surface area contributed by atoms with Crippen molar-refractivity contribution in [1.82, 2.24) is 0 Å². The molecule has 1 rings (SSSR count). The highest BCUT2D eigenvalue weighted by molar-refractivity contribution is 4.89. The predicted octanol–water partition coefficient (Wildman–Crippen LogP) is -0.577. The first-order valence-electron chi connectivity index (χ1n) is 4.58. The molecule has 14 heavy (non-hydrogen) atoms. The van der Waals surface area contributed by atoms with Crippen molar-refractivity contribution >= 4 is 0 Å². The highest BCUT2D eigenvalue weighted by Gasteiger charge is 2.41. The van der Waals surface area contributed by atoms with Crippen LogP contribution in [-0.4, -0.2) is 64.1 Å². The van der Waals surface area contributed by atoms with Gasteiger partial charge in [-0.2, -0.15) is 0 Å². The fraction of sp³-hybridized carbons (Fsp3) is 1.00. The van der Waals surface area contributed by atoms with Gasteiger partial charge in [0.15, 0.2) is 0 Å². The summed E-state index contributed by atoms with van der Waals surface area (Å²) >= 11 is 0. The molecule has 0 aliphatic carbocycles. The number of methoxy groups -OCH3 is 3. The zero-order valence-corrected chi connectivity index (χ0v) is 8.80. The van der Waals surface area contributed by atoms with Gasteiger partial charge in [0.25, 0.3) is 0 Å². The van der Waals surface area contributed by atoms with E-state index < -0.39 is 6.10 Å². The van der Waals surface area contributed by atoms with E-state index in [1.165, 1.54) is 7.11 Å². The maximum Gasteiger partial charge on any atom is 0.114 e. The highest BCUT2D eigenvalue weighted by Crippen LogP contribution is 2.22. The van der Waals surface area contributed by atoms with Gasteiger partial charge in [0, 0.05) is 21.3 Å². The SMILES string of the molecule is COC[C@@H](O)[C@H]1OC[C@@H](OC)[C@@H]1OC. The second-order valence-corrected chi connectivity index (χ2v) is 3.30. The van der Waals surface area contributed by atoms with Crippen molar-refractivity contribution in [3.63, 3.8) is 0 Å². The summed E-state index contributed by atoms with van der Waals surface area (Å²) < 4.78 is 20.6. The zero-order valence-electron chi connectivity index (χ0n) is 8.80. The van der Waals surface area contributed by atoms with E-state index in [0.717, 1.165) is 0 Å². The van der Waals surface area contributed by atoms with Gasteiger partial charge in [-0.05, 0) is 0 Å². The number of aliphatic hydroxyl groups is 1. The lowest BCUT2D eigenvalue weighted by Crippen LogP contribution is -2.42. The predicted molar refractivity (Wildman–Crippen MR) is 49.2 cm³/mol. The summed E-state index contributed by atoms with van der Waals surface area (Å²) in [6.07, 6.45) is -1.39. The molecule has 1 saturated heterocycles. The molecule has 0 aromatic carbocycles. The second-order valence-electron chi connectivity index (χ2n) is 3.30. The van der Waals surface area contributed by atoms with Crippen LogP contribution in [0, 0.1) is 0 Å². The Morgan fingerprint density at radius 2 is 2.07 bits per heavy atom. The summed E-state index contributed by atoms with van der Waals surface area (Å²) in [6.45, 7) is 0.682. The lowest BCUT2D eigenvalue weighted by atomic mass is 10.1. The summed E-state index contributed by atoms with van der Waals surface area (Å²) in [6, 6.07) is 0. The molecule has 0 aromatic rings. The molecule has 0 radical (unpaired) electrons. The van der Waals surface area contributed by atoms with Crippen LogP contribution in [0.3, 0.4) is 0 Å². The van der Waals surface area contributed by atoms with E-state index in [2.05, 4.69) is 0 Å². The molecule has 0 amide bonds. The third-order valence-electron chi connectivity index (χ3n) is 2.43. The molecule has 5 nitrogen and oxygen atoms in total. The van der Waals surface area contributed by atoms with Crippen LogP contribution in [0.25, 0.3) is 0 Å². The first kappa shape index (κ1) is 11.9. The molecule has 5 heteroatoms. The maximum absolute atomic E-state index is 9.68. The van der Waals surface area contributed by atoms with Crippen LogP contribution in [0.5, 0.6) is 0 Å². The Kier molecular flexibility index (Phi) is 4.77. The van der Waals surface area contributed by atoms with Gasteiger partial charge in [-0.15, -0.1) is 0 Å². The summed E-state index contributed by atoms with van der Waals surface area (Å²) in [7, 11) is 4.72. The second kappa shape index (κ2) is 5.63. The van der Waals surface area contributed by atoms with E-state index in [0.29, 0.717) is 6.61 Å². The van der Waals surface area contributed by atoms with E-state index >= 15 is 0 Å². The summed E-state index contributed by atoms with van der Waals surface area (Å²) in [4.78, 5) is 0. The van der Waals surface area contributed by atoms with E-state index in [-0.39, 0.29) is 24.9 Å². The number of ether oxygens (including phenoxy) is 4. The van der Waals surface area contributed by atoms with Crippen LogP contribution in [0.1, 0.15) is 0 Å². The Morgan fingerprint density at radius 1 is 1.36 bits per heavy atom. The minimum Gasteiger partial charge on any atom is -0.388 e. The van der Waals surface area contributed by atoms with Gasteiger partial charge in [0.1, 0.15) is 24.4 Å². The highest BCUT2D eigenvalue weighted by atomic mass is 16.6. The Bertz CT molecular complexity index is 163. The molecular formula is C9H18O5. The molecule has 1 heterocycles. The standard InChI is InChI=1S/C9H18O5/c1-11-4-6(10)8-9(13-3)7(12-2)5-14-8/h6-10H,4-5H2,1-3H3/t6-,7-,8-,9+/m1/s1. The van der Waals surface area contributed by atoms with Gasteiger partial charge < -0.3 is 24.1 Å². The monoisotopic (exact) mass is 206 g/mol. The molecule has 0 spiro atoms. The Morgan fingerprint density at radius 3 is 2.57 bits per heavy atom. The van der Waals surface area contributed by atoms with Gasteiger partial charge in [-0.25, -0.2) is 0 Å². The summed E-state index contributed by atoms with van der Waals surface area (Å²) in [5, 5.41) is 9.68. The molecule has 0 unspecified atom stereocenters. The summed E-state index contributed by atoms with van der Waals surface area (Å²) in [5.41, 5.74) is 0. The largest absolute Gasteiger partial charge is 0.388 e. The van der Waals surface area contributed by atoms with Crippen LogP contribution < -0.4 is 0 Å². The normalized spacial score (nSPS) is 34.7. The van der Waals surface area contributed by atoms with E-state index in [1.54, 1.807) is 14.2 Å². The smallest absolute Gasteiger partial charge is 0.114 e. The van der Waals surface area contributed by atoms with Crippen molar-refractivity contribution in [1.29, 1.82) is 0 Å². The average Bonchev–Trinajstić information content (AvgIpc) is 2.60. The van der Waals surface area contributed by atoms with Gasteiger partial charge in [0.2, 0.25) is 0 Å². The Labute approximate surface area is 83.9 Å². The molecule has 84 valence electrons. The molecule has 0 bridgehead atoms. The van der Waals surface area contributed by atoms with Gasteiger partial charge in [-0.3, -0.25) is 0 Å². The minimum atomic E-state index is -0.676. The van der Waals surface area contributed by atoms with Crippen LogP contribution in [0.2, 0.25) is 0 Å². The third-order valence-corrected chi connectivity index (χ3v) is 2.43. The van der Waals surface area contributed by atoms with E-state index in [4.69, 9.17) is 18.9 Å². The van der Waals surface area contributed by atoms with Crippen molar-refractivity contribution < 1.29 is 24.1 Å². The number of hydrogen-bond donors (Lipinski definition) is 1. The fourth-order valence-electron chi connectivity index (χ4n) is 1.69. The van der Waals surface area contributed by atoms with Crippen molar-refractivity contribution in [3.8, 4) is 0 Å². The molecule has 1 aliphatic heterocycles. The lowest BCUT2D eigenvalue weighted by Gasteiger charge is -2.24. The number of rotatable bonds is 5. The van der Waals surface area contributed by atoms with E-state index in [1.807, 2.05) is 0 Å². The van der Waals surface area contributed by atoms with Crippen LogP contribution in [0.15, 0.2) is 0 Å². The van der Waals surface area contributed by atoms with Gasteiger partial charge in [0.05, 0.1) is 13.2 Å². The Balaban J connectivity index is 2.52. The lowest BCUT2D eigenvalue weighted by molar-refractivity contribution is -0.0883. The average molecular weight is 206 g/mol. The molecule has 4 atom stereocenters. The van der Waals surface area contributed by atoms with Gasteiger partial charge in [-0.1, -0.05) is 0 Å². The van der Waals surface area contributed by atoms with Crippen molar-refractivity contribution in [2.24, 2.45) is 0 Å². The zero-order chi connectivity index (χ0) is 10.6. The fourth-order valence-corrected chi connectivity index (χ4v) is 1.69. The Hall–Kier alpha value is -0.200. The molecule has 0 aromatic heterocycles. The van der Waals surface area contributed by atoms with Crippen molar-refractivity contribution in [2.75, 3.05) is 34.5 Å². The van der Waals surface area contributed by atoms with E-state index in [9.17, 15) is 5.11 Å². The maximum atomic E-state index is 9.68. The topological polar surface area (TPSA) is 57.2 Å². The molecule has 1 fully saturated rings. The number of hydrogen-bond acceptors (Lipinski definition) is 5. The van der Waals surface area contributed by atoms with Crippen molar-refractivity contribution in [2.45, 2.75) is 24.4 Å². The first-order valence-corrected chi connectivity index (χ1v) is 4.58. The van der Waals surface area contributed by atoms with Gasteiger partial charge >= 0.3 is 0 Å². The first-order chi connectivity index (χ1) is 6.74. The minimum absolute atomic E-state index is 0.114. The quantitative estimate of drug-likeness (QED) is 0.652. The van der Waals surface area contributed by atoms with Crippen molar-refractivity contribution in [3.05, 3.63) is 0 Å². The summed E-state index contributed by atoms with van der Waals surface area (Å²) in [5.74, 6) is 0. The van der Waals surface area contributed by atoms with Crippen LogP contribution in [-0.2, 0) is 18.9 Å². The molecule has 0 saturated carbocycles. The van der Waals surface area contributed by atoms with Crippen LogP contribution >= 0.6 is 0 Å².